The Hall–Kier alpha value is -2.37. The zero-order valence-electron chi connectivity index (χ0n) is 10.9. The van der Waals surface area contributed by atoms with E-state index in [2.05, 4.69) is 4.74 Å². The van der Waals surface area contributed by atoms with Gasteiger partial charge in [-0.25, -0.2) is 9.18 Å². The fourth-order valence-corrected chi connectivity index (χ4v) is 1.85. The smallest absolute Gasteiger partial charge is 0.416 e. The van der Waals surface area contributed by atoms with Gasteiger partial charge in [0.05, 0.1) is 18.2 Å². The maximum absolute atomic E-state index is 13.8. The molecule has 110 valence electrons. The van der Waals surface area contributed by atoms with Gasteiger partial charge in [-0.2, -0.15) is 13.2 Å². The normalized spacial score (nSPS) is 11.3. The number of hydrogen-bond acceptors (Lipinski definition) is 2. The summed E-state index contributed by atoms with van der Waals surface area (Å²) in [6.07, 6.45) is -4.52. The lowest BCUT2D eigenvalue weighted by Crippen LogP contribution is -2.05. The van der Waals surface area contributed by atoms with Crippen molar-refractivity contribution >= 4 is 5.97 Å². The standard InChI is InChI=1S/C15H10F4O2/c1-21-14(20)10-5-6-13(16)12(8-10)9-3-2-4-11(7-9)15(17,18)19/h2-8H,1H3. The summed E-state index contributed by atoms with van der Waals surface area (Å²) in [7, 11) is 1.16. The van der Waals surface area contributed by atoms with Crippen LogP contribution in [0.25, 0.3) is 11.1 Å². The Morgan fingerprint density at radius 1 is 1.10 bits per heavy atom. The van der Waals surface area contributed by atoms with Crippen LogP contribution < -0.4 is 0 Å². The van der Waals surface area contributed by atoms with Crippen LogP contribution in [0.2, 0.25) is 0 Å². The minimum atomic E-state index is -4.52. The second-order valence-electron chi connectivity index (χ2n) is 4.26. The Bertz CT molecular complexity index is 678. The molecule has 0 heterocycles. The van der Waals surface area contributed by atoms with E-state index in [1.807, 2.05) is 0 Å². The number of methoxy groups -OCH3 is 1. The maximum atomic E-state index is 13.8. The quantitative estimate of drug-likeness (QED) is 0.610. The average Bonchev–Trinajstić information content (AvgIpc) is 2.46. The Morgan fingerprint density at radius 2 is 1.81 bits per heavy atom. The number of esters is 1. The van der Waals surface area contributed by atoms with Gasteiger partial charge in [-0.05, 0) is 35.9 Å². The molecule has 0 bridgehead atoms. The molecule has 0 aliphatic rings. The molecule has 2 aromatic rings. The summed E-state index contributed by atoms with van der Waals surface area (Å²) in [5.74, 6) is -1.41. The average molecular weight is 298 g/mol. The lowest BCUT2D eigenvalue weighted by Gasteiger charge is -2.10. The predicted octanol–water partition coefficient (Wildman–Crippen LogP) is 4.30. The molecule has 2 aromatic carbocycles. The zero-order valence-corrected chi connectivity index (χ0v) is 10.9. The molecule has 0 aromatic heterocycles. The Labute approximate surface area is 118 Å². The summed E-state index contributed by atoms with van der Waals surface area (Å²) in [5, 5.41) is 0. The highest BCUT2D eigenvalue weighted by Gasteiger charge is 2.30. The van der Waals surface area contributed by atoms with Crippen LogP contribution in [-0.2, 0) is 10.9 Å². The molecule has 0 spiro atoms. The van der Waals surface area contributed by atoms with E-state index < -0.39 is 23.5 Å². The number of benzene rings is 2. The first-order chi connectivity index (χ1) is 9.82. The van der Waals surface area contributed by atoms with E-state index in [1.165, 1.54) is 18.2 Å². The van der Waals surface area contributed by atoms with Gasteiger partial charge in [0.15, 0.2) is 0 Å². The van der Waals surface area contributed by atoms with Crippen molar-refractivity contribution in [2.24, 2.45) is 0 Å². The number of halogens is 4. The van der Waals surface area contributed by atoms with E-state index in [4.69, 9.17) is 0 Å². The van der Waals surface area contributed by atoms with Crippen molar-refractivity contribution in [3.05, 3.63) is 59.4 Å². The van der Waals surface area contributed by atoms with Crippen molar-refractivity contribution in [3.8, 4) is 11.1 Å². The lowest BCUT2D eigenvalue weighted by atomic mass is 10.0. The van der Waals surface area contributed by atoms with Gasteiger partial charge in [-0.15, -0.1) is 0 Å². The monoisotopic (exact) mass is 298 g/mol. The molecule has 0 amide bonds. The first kappa shape index (κ1) is 15.0. The number of hydrogen-bond donors (Lipinski definition) is 0. The fraction of sp³-hybridized carbons (Fsp3) is 0.133. The molecule has 2 nitrogen and oxygen atoms in total. The summed E-state index contributed by atoms with van der Waals surface area (Å²) < 4.78 is 56.4. The highest BCUT2D eigenvalue weighted by molar-refractivity contribution is 5.91. The Balaban J connectivity index is 2.54. The molecule has 0 atom stereocenters. The van der Waals surface area contributed by atoms with Crippen molar-refractivity contribution in [3.63, 3.8) is 0 Å². The molecule has 6 heteroatoms. The van der Waals surface area contributed by atoms with Gasteiger partial charge in [-0.3, -0.25) is 0 Å². The predicted molar refractivity (Wildman–Crippen MR) is 68.2 cm³/mol. The first-order valence-corrected chi connectivity index (χ1v) is 5.88. The van der Waals surface area contributed by atoms with Crippen LogP contribution in [0.5, 0.6) is 0 Å². The Kier molecular flexibility index (Phi) is 3.97. The van der Waals surface area contributed by atoms with E-state index in [0.29, 0.717) is 0 Å². The molecule has 0 unspecified atom stereocenters. The van der Waals surface area contributed by atoms with E-state index in [0.717, 1.165) is 31.4 Å². The number of alkyl halides is 3. The molecule has 0 fully saturated rings. The van der Waals surface area contributed by atoms with E-state index in [9.17, 15) is 22.4 Å². The highest BCUT2D eigenvalue weighted by atomic mass is 19.4. The molecular formula is C15H10F4O2. The van der Waals surface area contributed by atoms with E-state index >= 15 is 0 Å². The van der Waals surface area contributed by atoms with Gasteiger partial charge >= 0.3 is 12.1 Å². The van der Waals surface area contributed by atoms with E-state index in [1.54, 1.807) is 0 Å². The van der Waals surface area contributed by atoms with Gasteiger partial charge in [0.1, 0.15) is 5.82 Å². The SMILES string of the molecule is COC(=O)c1ccc(F)c(-c2cccc(C(F)(F)F)c2)c1. The molecule has 0 N–H and O–H groups in total. The second kappa shape index (κ2) is 5.55. The van der Waals surface area contributed by atoms with Gasteiger partial charge < -0.3 is 4.74 Å². The third kappa shape index (κ3) is 3.21. The number of ether oxygens (including phenoxy) is 1. The first-order valence-electron chi connectivity index (χ1n) is 5.88. The molecule has 0 radical (unpaired) electrons. The summed E-state index contributed by atoms with van der Waals surface area (Å²) in [6.45, 7) is 0. The summed E-state index contributed by atoms with van der Waals surface area (Å²) >= 11 is 0. The second-order valence-corrected chi connectivity index (χ2v) is 4.26. The largest absolute Gasteiger partial charge is 0.465 e. The van der Waals surface area contributed by atoms with Crippen LogP contribution in [0.3, 0.4) is 0 Å². The molecule has 0 aliphatic heterocycles. The minimum Gasteiger partial charge on any atom is -0.465 e. The summed E-state index contributed by atoms with van der Waals surface area (Å²) in [6, 6.07) is 7.64. The number of carbonyl (C=O) groups excluding carboxylic acids is 1. The maximum Gasteiger partial charge on any atom is 0.416 e. The van der Waals surface area contributed by atoms with Crippen LogP contribution in [0.1, 0.15) is 15.9 Å². The van der Waals surface area contributed by atoms with Crippen LogP contribution in [-0.4, -0.2) is 13.1 Å². The molecule has 2 rings (SSSR count). The van der Waals surface area contributed by atoms with Gasteiger partial charge in [0, 0.05) is 5.56 Å². The van der Waals surface area contributed by atoms with Crippen molar-refractivity contribution in [1.82, 2.24) is 0 Å². The minimum absolute atomic E-state index is 0.0353. The summed E-state index contributed by atoms with van der Waals surface area (Å²) in [4.78, 5) is 11.4. The van der Waals surface area contributed by atoms with Crippen molar-refractivity contribution in [1.29, 1.82) is 0 Å². The number of carbonyl (C=O) groups is 1. The van der Waals surface area contributed by atoms with E-state index in [-0.39, 0.29) is 16.7 Å². The third-order valence-corrected chi connectivity index (χ3v) is 2.89. The molecule has 0 aliphatic carbocycles. The van der Waals surface area contributed by atoms with Crippen LogP contribution in [0.15, 0.2) is 42.5 Å². The van der Waals surface area contributed by atoms with Crippen molar-refractivity contribution < 1.29 is 27.1 Å². The fourth-order valence-electron chi connectivity index (χ4n) is 1.85. The topological polar surface area (TPSA) is 26.3 Å². The van der Waals surface area contributed by atoms with Crippen LogP contribution in [0, 0.1) is 5.82 Å². The molecule has 21 heavy (non-hydrogen) atoms. The lowest BCUT2D eigenvalue weighted by molar-refractivity contribution is -0.137. The highest BCUT2D eigenvalue weighted by Crippen LogP contribution is 2.33. The van der Waals surface area contributed by atoms with Gasteiger partial charge in [-0.1, -0.05) is 12.1 Å². The van der Waals surface area contributed by atoms with Crippen LogP contribution in [0.4, 0.5) is 17.6 Å². The van der Waals surface area contributed by atoms with Gasteiger partial charge in [0.25, 0.3) is 0 Å². The third-order valence-electron chi connectivity index (χ3n) is 2.89. The van der Waals surface area contributed by atoms with Crippen molar-refractivity contribution in [2.45, 2.75) is 6.18 Å². The van der Waals surface area contributed by atoms with Crippen LogP contribution >= 0.6 is 0 Å². The zero-order chi connectivity index (χ0) is 15.6. The van der Waals surface area contributed by atoms with Crippen molar-refractivity contribution in [2.75, 3.05) is 7.11 Å². The molecular weight excluding hydrogens is 288 g/mol. The summed E-state index contributed by atoms with van der Waals surface area (Å²) in [5.41, 5.74) is -0.883. The molecule has 0 saturated carbocycles. The number of rotatable bonds is 2. The Morgan fingerprint density at radius 3 is 2.43 bits per heavy atom. The molecule has 0 saturated heterocycles. The van der Waals surface area contributed by atoms with Gasteiger partial charge in [0.2, 0.25) is 0 Å².